The Morgan fingerprint density at radius 2 is 1.81 bits per heavy atom. The van der Waals surface area contributed by atoms with Crippen molar-refractivity contribution in [3.63, 3.8) is 0 Å². The molecule has 6 nitrogen and oxygen atoms in total. The molecule has 2 aromatic carbocycles. The first-order chi connectivity index (χ1) is 15.0. The van der Waals surface area contributed by atoms with Gasteiger partial charge in [0, 0.05) is 37.8 Å². The van der Waals surface area contributed by atoms with Crippen molar-refractivity contribution < 1.29 is 14.3 Å². The topological polar surface area (TPSA) is 68.6 Å². The van der Waals surface area contributed by atoms with E-state index in [1.807, 2.05) is 42.5 Å². The number of rotatable bonds is 6. The minimum atomic E-state index is -0.292. The van der Waals surface area contributed by atoms with Gasteiger partial charge in [0.1, 0.15) is 12.4 Å². The lowest BCUT2D eigenvalue weighted by Crippen LogP contribution is -2.34. The normalized spacial score (nSPS) is 12.9. The number of hydrogen-bond donors (Lipinski definition) is 0. The fourth-order valence-corrected chi connectivity index (χ4v) is 3.70. The van der Waals surface area contributed by atoms with Crippen LogP contribution in [0.4, 0.5) is 0 Å². The Hall–Kier alpha value is -3.67. The maximum atomic E-state index is 12.8. The van der Waals surface area contributed by atoms with Gasteiger partial charge in [0.2, 0.25) is 5.91 Å². The van der Waals surface area contributed by atoms with E-state index in [1.54, 1.807) is 30.2 Å². The standard InChI is InChI=1S/C25H24N2O4/c1-18(28)26-11-9-20-7-8-21(13-22(20)15-26)24(29)16-27-12-10-23(14-25(27)30)31-17-19-5-3-2-4-6-19/h2-8,10,12-14H,9,11,15-17H2,1H3. The van der Waals surface area contributed by atoms with Crippen LogP contribution in [0.25, 0.3) is 0 Å². The quantitative estimate of drug-likeness (QED) is 0.579. The van der Waals surface area contributed by atoms with Gasteiger partial charge >= 0.3 is 0 Å². The summed E-state index contributed by atoms with van der Waals surface area (Å²) in [6.07, 6.45) is 2.36. The molecular weight excluding hydrogens is 392 g/mol. The summed E-state index contributed by atoms with van der Waals surface area (Å²) in [5, 5.41) is 0. The van der Waals surface area contributed by atoms with Crippen molar-refractivity contribution >= 4 is 11.7 Å². The van der Waals surface area contributed by atoms with Gasteiger partial charge in [-0.2, -0.15) is 0 Å². The first-order valence-corrected chi connectivity index (χ1v) is 10.3. The average molecular weight is 416 g/mol. The van der Waals surface area contributed by atoms with Crippen molar-refractivity contribution in [3.05, 3.63) is 99.5 Å². The number of benzene rings is 2. The van der Waals surface area contributed by atoms with Crippen LogP contribution in [0, 0.1) is 0 Å². The second kappa shape index (κ2) is 9.00. The number of fused-ring (bicyclic) bond motifs is 1. The zero-order chi connectivity index (χ0) is 21.8. The molecule has 1 aromatic heterocycles. The smallest absolute Gasteiger partial charge is 0.254 e. The van der Waals surface area contributed by atoms with Crippen molar-refractivity contribution in [1.82, 2.24) is 9.47 Å². The van der Waals surface area contributed by atoms with E-state index in [0.717, 1.165) is 23.1 Å². The highest BCUT2D eigenvalue weighted by molar-refractivity contribution is 5.96. The molecule has 6 heteroatoms. The number of amides is 1. The third kappa shape index (κ3) is 4.91. The third-order valence-corrected chi connectivity index (χ3v) is 5.52. The zero-order valence-electron chi connectivity index (χ0n) is 17.4. The van der Waals surface area contributed by atoms with Crippen LogP contribution < -0.4 is 10.3 Å². The fourth-order valence-electron chi connectivity index (χ4n) is 3.70. The number of aromatic nitrogens is 1. The van der Waals surface area contributed by atoms with E-state index in [1.165, 1.54) is 10.6 Å². The van der Waals surface area contributed by atoms with Crippen molar-refractivity contribution in [2.75, 3.05) is 6.54 Å². The molecular formula is C25H24N2O4. The molecule has 1 aliphatic heterocycles. The van der Waals surface area contributed by atoms with Gasteiger partial charge in [0.05, 0.1) is 6.54 Å². The number of carbonyl (C=O) groups is 2. The molecule has 0 N–H and O–H groups in total. The maximum Gasteiger partial charge on any atom is 0.254 e. The van der Waals surface area contributed by atoms with Gasteiger partial charge in [-0.25, -0.2) is 0 Å². The molecule has 0 unspecified atom stereocenters. The van der Waals surface area contributed by atoms with Gasteiger partial charge in [0.15, 0.2) is 5.78 Å². The number of hydrogen-bond acceptors (Lipinski definition) is 4. The number of ketones is 1. The summed E-state index contributed by atoms with van der Waals surface area (Å²) in [7, 11) is 0. The molecule has 2 heterocycles. The van der Waals surface area contributed by atoms with Crippen LogP contribution >= 0.6 is 0 Å². The van der Waals surface area contributed by atoms with Crippen LogP contribution in [0.2, 0.25) is 0 Å². The van der Waals surface area contributed by atoms with E-state index in [0.29, 0.717) is 31.0 Å². The lowest BCUT2D eigenvalue weighted by Gasteiger charge is -2.28. The van der Waals surface area contributed by atoms with Crippen LogP contribution in [0.15, 0.2) is 71.7 Å². The molecule has 4 rings (SSSR count). The highest BCUT2D eigenvalue weighted by Gasteiger charge is 2.19. The summed E-state index contributed by atoms with van der Waals surface area (Å²) < 4.78 is 7.05. The minimum Gasteiger partial charge on any atom is -0.489 e. The molecule has 0 radical (unpaired) electrons. The van der Waals surface area contributed by atoms with Crippen LogP contribution in [0.1, 0.15) is 34.0 Å². The SMILES string of the molecule is CC(=O)N1CCc2ccc(C(=O)Cn3ccc(OCc4ccccc4)cc3=O)cc2C1. The number of ether oxygens (including phenoxy) is 1. The van der Waals surface area contributed by atoms with Gasteiger partial charge in [-0.1, -0.05) is 42.5 Å². The predicted molar refractivity (Wildman–Crippen MR) is 117 cm³/mol. The third-order valence-electron chi connectivity index (χ3n) is 5.52. The average Bonchev–Trinajstić information content (AvgIpc) is 2.79. The molecule has 0 saturated carbocycles. The summed E-state index contributed by atoms with van der Waals surface area (Å²) in [6.45, 7) is 3.09. The van der Waals surface area contributed by atoms with Crippen LogP contribution in [0.5, 0.6) is 5.75 Å². The molecule has 3 aromatic rings. The van der Waals surface area contributed by atoms with Gasteiger partial charge in [0.25, 0.3) is 5.56 Å². The predicted octanol–water partition coefficient (Wildman–Crippen LogP) is 3.21. The first-order valence-electron chi connectivity index (χ1n) is 10.3. The van der Waals surface area contributed by atoms with Gasteiger partial charge < -0.3 is 14.2 Å². The van der Waals surface area contributed by atoms with Crippen molar-refractivity contribution in [1.29, 1.82) is 0 Å². The lowest BCUT2D eigenvalue weighted by atomic mass is 9.96. The molecule has 31 heavy (non-hydrogen) atoms. The van der Waals surface area contributed by atoms with Crippen LogP contribution in [0.3, 0.4) is 0 Å². The Balaban J connectivity index is 1.43. The van der Waals surface area contributed by atoms with E-state index >= 15 is 0 Å². The first kappa shape index (κ1) is 20.6. The van der Waals surface area contributed by atoms with E-state index < -0.39 is 0 Å². The summed E-state index contributed by atoms with van der Waals surface area (Å²) in [5.74, 6) is 0.349. The Labute approximate surface area is 180 Å². The molecule has 1 amide bonds. The van der Waals surface area contributed by atoms with Crippen LogP contribution in [-0.4, -0.2) is 27.7 Å². The maximum absolute atomic E-state index is 12.8. The molecule has 0 atom stereocenters. The Morgan fingerprint density at radius 3 is 2.55 bits per heavy atom. The van der Waals surface area contributed by atoms with E-state index in [2.05, 4.69) is 0 Å². The number of nitrogens with zero attached hydrogens (tertiary/aromatic N) is 2. The molecule has 0 saturated heterocycles. The molecule has 0 bridgehead atoms. The Morgan fingerprint density at radius 1 is 1.00 bits per heavy atom. The number of pyridine rings is 1. The monoisotopic (exact) mass is 416 g/mol. The summed E-state index contributed by atoms with van der Waals surface area (Å²) in [5.41, 5.74) is 3.41. The van der Waals surface area contributed by atoms with Crippen molar-refractivity contribution in [3.8, 4) is 5.75 Å². The number of carbonyl (C=O) groups excluding carboxylic acids is 2. The van der Waals surface area contributed by atoms with E-state index in [9.17, 15) is 14.4 Å². The zero-order valence-corrected chi connectivity index (χ0v) is 17.4. The largest absolute Gasteiger partial charge is 0.489 e. The molecule has 0 spiro atoms. The van der Waals surface area contributed by atoms with E-state index in [-0.39, 0.29) is 23.8 Å². The van der Waals surface area contributed by atoms with E-state index in [4.69, 9.17) is 4.74 Å². The van der Waals surface area contributed by atoms with Gasteiger partial charge in [-0.3, -0.25) is 14.4 Å². The highest BCUT2D eigenvalue weighted by Crippen LogP contribution is 2.21. The summed E-state index contributed by atoms with van der Waals surface area (Å²) in [4.78, 5) is 38.7. The minimum absolute atomic E-state index is 0.0310. The fraction of sp³-hybridized carbons (Fsp3) is 0.240. The highest BCUT2D eigenvalue weighted by atomic mass is 16.5. The molecule has 0 aliphatic carbocycles. The van der Waals surface area contributed by atoms with Gasteiger partial charge in [-0.15, -0.1) is 0 Å². The second-order valence-electron chi connectivity index (χ2n) is 7.70. The van der Waals surface area contributed by atoms with Crippen LogP contribution in [-0.2, 0) is 30.9 Å². The Bertz CT molecular complexity index is 1170. The van der Waals surface area contributed by atoms with Crippen molar-refractivity contribution in [2.45, 2.75) is 33.0 Å². The second-order valence-corrected chi connectivity index (χ2v) is 7.70. The number of Topliss-reactive ketones (excluding diaryl/α,β-unsaturated/α-hetero) is 1. The molecule has 158 valence electrons. The van der Waals surface area contributed by atoms with Gasteiger partial charge in [-0.05, 0) is 35.2 Å². The Kier molecular flexibility index (Phi) is 5.98. The van der Waals surface area contributed by atoms with Crippen molar-refractivity contribution in [2.24, 2.45) is 0 Å². The summed E-state index contributed by atoms with van der Waals surface area (Å²) in [6, 6.07) is 18.4. The molecule has 1 aliphatic rings. The summed E-state index contributed by atoms with van der Waals surface area (Å²) >= 11 is 0. The molecule has 0 fully saturated rings. The lowest BCUT2D eigenvalue weighted by molar-refractivity contribution is -0.129.